The minimum absolute atomic E-state index is 0.103. The van der Waals surface area contributed by atoms with Crippen LogP contribution in [0.15, 0.2) is 78.9 Å². The van der Waals surface area contributed by atoms with E-state index in [1.165, 1.54) is 5.56 Å². The number of carbonyl (C=O) groups excluding carboxylic acids is 2. The molecule has 0 radical (unpaired) electrons. The molecule has 0 heterocycles. The molecular formula is C28H30Cl2N2O2S. The quantitative estimate of drug-likeness (QED) is 0.277. The summed E-state index contributed by atoms with van der Waals surface area (Å²) in [5.74, 6) is 1.18. The van der Waals surface area contributed by atoms with Crippen molar-refractivity contribution in [3.8, 4) is 0 Å². The lowest BCUT2D eigenvalue weighted by Gasteiger charge is -2.32. The van der Waals surface area contributed by atoms with E-state index in [9.17, 15) is 9.59 Å². The largest absolute Gasteiger partial charge is 0.355 e. The molecule has 184 valence electrons. The Labute approximate surface area is 222 Å². The molecule has 0 aliphatic carbocycles. The minimum Gasteiger partial charge on any atom is -0.355 e. The highest BCUT2D eigenvalue weighted by atomic mass is 35.5. The van der Waals surface area contributed by atoms with Gasteiger partial charge in [0.1, 0.15) is 6.04 Å². The normalized spacial score (nSPS) is 11.6. The first kappa shape index (κ1) is 27.1. The van der Waals surface area contributed by atoms with Gasteiger partial charge in [-0.1, -0.05) is 89.9 Å². The number of amides is 2. The molecule has 0 saturated carbocycles. The van der Waals surface area contributed by atoms with Crippen molar-refractivity contribution in [2.24, 2.45) is 0 Å². The smallest absolute Gasteiger partial charge is 0.243 e. The van der Waals surface area contributed by atoms with E-state index in [0.717, 1.165) is 11.3 Å². The third-order valence-corrected chi connectivity index (χ3v) is 7.32. The van der Waals surface area contributed by atoms with E-state index in [2.05, 4.69) is 17.4 Å². The number of hydrogen-bond donors (Lipinski definition) is 1. The van der Waals surface area contributed by atoms with Crippen molar-refractivity contribution in [1.82, 2.24) is 10.2 Å². The maximum atomic E-state index is 13.6. The number of benzene rings is 3. The van der Waals surface area contributed by atoms with Crippen LogP contribution in [0.25, 0.3) is 0 Å². The second-order valence-electron chi connectivity index (χ2n) is 8.11. The zero-order chi connectivity index (χ0) is 25.0. The Morgan fingerprint density at radius 1 is 0.886 bits per heavy atom. The van der Waals surface area contributed by atoms with Gasteiger partial charge in [0.25, 0.3) is 0 Å². The van der Waals surface area contributed by atoms with E-state index in [0.29, 0.717) is 40.7 Å². The first-order valence-electron chi connectivity index (χ1n) is 11.6. The molecule has 2 amide bonds. The van der Waals surface area contributed by atoms with Gasteiger partial charge in [0.15, 0.2) is 0 Å². The monoisotopic (exact) mass is 528 g/mol. The van der Waals surface area contributed by atoms with Crippen molar-refractivity contribution >= 4 is 46.8 Å². The Morgan fingerprint density at radius 3 is 2.09 bits per heavy atom. The highest BCUT2D eigenvalue weighted by molar-refractivity contribution is 7.98. The van der Waals surface area contributed by atoms with Crippen LogP contribution in [0.5, 0.6) is 0 Å². The summed E-state index contributed by atoms with van der Waals surface area (Å²) in [5.41, 5.74) is 2.84. The van der Waals surface area contributed by atoms with Crippen LogP contribution in [-0.4, -0.2) is 35.1 Å². The van der Waals surface area contributed by atoms with Crippen molar-refractivity contribution in [2.75, 3.05) is 12.3 Å². The number of hydrogen-bond acceptors (Lipinski definition) is 3. The van der Waals surface area contributed by atoms with Crippen molar-refractivity contribution in [3.63, 3.8) is 0 Å². The molecule has 3 aromatic carbocycles. The minimum atomic E-state index is -0.684. The molecule has 0 aromatic heterocycles. The van der Waals surface area contributed by atoms with Crippen LogP contribution in [0, 0.1) is 0 Å². The van der Waals surface area contributed by atoms with Crippen molar-refractivity contribution in [3.05, 3.63) is 106 Å². The second-order valence-corrected chi connectivity index (χ2v) is 10.0. The third-order valence-electron chi connectivity index (χ3n) is 5.58. The Morgan fingerprint density at radius 2 is 1.49 bits per heavy atom. The summed E-state index contributed by atoms with van der Waals surface area (Å²) in [6, 6.07) is 24.5. The Hall–Kier alpha value is -2.47. The Bertz CT molecular complexity index is 1080. The SMILES string of the molecule is CCNC(=O)C(Cc1ccccc1)N(Cc1c(Cl)cccc1Cl)C(=O)CCSCc1ccccc1. The highest BCUT2D eigenvalue weighted by Crippen LogP contribution is 2.28. The van der Waals surface area contributed by atoms with Crippen LogP contribution in [-0.2, 0) is 28.3 Å². The van der Waals surface area contributed by atoms with Crippen molar-refractivity contribution in [2.45, 2.75) is 38.1 Å². The molecule has 0 bridgehead atoms. The number of carbonyl (C=O) groups is 2. The van der Waals surface area contributed by atoms with E-state index in [1.54, 1.807) is 34.9 Å². The molecule has 3 aromatic rings. The van der Waals surface area contributed by atoms with Crippen LogP contribution in [0.4, 0.5) is 0 Å². The fourth-order valence-corrected chi connectivity index (χ4v) is 5.18. The van der Waals surface area contributed by atoms with Crippen LogP contribution >= 0.6 is 35.0 Å². The van der Waals surface area contributed by atoms with Gasteiger partial charge in [-0.3, -0.25) is 9.59 Å². The first-order chi connectivity index (χ1) is 17.0. The van der Waals surface area contributed by atoms with Crippen molar-refractivity contribution < 1.29 is 9.59 Å². The van der Waals surface area contributed by atoms with Gasteiger partial charge < -0.3 is 10.2 Å². The number of thioether (sulfide) groups is 1. The summed E-state index contributed by atoms with van der Waals surface area (Å²) in [5, 5.41) is 3.85. The molecule has 0 fully saturated rings. The maximum Gasteiger partial charge on any atom is 0.243 e. The molecule has 0 aliphatic heterocycles. The highest BCUT2D eigenvalue weighted by Gasteiger charge is 2.30. The van der Waals surface area contributed by atoms with Gasteiger partial charge >= 0.3 is 0 Å². The molecule has 0 saturated heterocycles. The van der Waals surface area contributed by atoms with E-state index in [-0.39, 0.29) is 18.4 Å². The molecule has 0 aliphatic rings. The standard InChI is InChI=1S/C28H30Cl2N2O2S/c1-2-31-28(34)26(18-21-10-5-3-6-11-21)32(19-23-24(29)14-9-15-25(23)30)27(33)16-17-35-20-22-12-7-4-8-13-22/h3-15,26H,2,16-20H2,1H3,(H,31,34). The van der Waals surface area contributed by atoms with Gasteiger partial charge in [-0.05, 0) is 30.2 Å². The maximum absolute atomic E-state index is 13.6. The second kappa shape index (κ2) is 14.2. The summed E-state index contributed by atoms with van der Waals surface area (Å²) in [4.78, 5) is 28.4. The van der Waals surface area contributed by atoms with Gasteiger partial charge in [0.2, 0.25) is 11.8 Å². The van der Waals surface area contributed by atoms with Crippen LogP contribution < -0.4 is 5.32 Å². The van der Waals surface area contributed by atoms with Gasteiger partial charge in [0.05, 0.1) is 0 Å². The predicted octanol–water partition coefficient (Wildman–Crippen LogP) is 6.39. The molecule has 35 heavy (non-hydrogen) atoms. The van der Waals surface area contributed by atoms with E-state index in [4.69, 9.17) is 23.2 Å². The molecule has 1 N–H and O–H groups in total. The molecule has 1 unspecified atom stereocenters. The summed E-state index contributed by atoms with van der Waals surface area (Å²) < 4.78 is 0. The molecule has 3 rings (SSSR count). The summed E-state index contributed by atoms with van der Waals surface area (Å²) in [6.07, 6.45) is 0.710. The molecule has 7 heteroatoms. The Kier molecular flexibility index (Phi) is 11.0. The fraction of sp³-hybridized carbons (Fsp3) is 0.286. The van der Waals surface area contributed by atoms with Crippen LogP contribution in [0.2, 0.25) is 10.0 Å². The number of halogens is 2. The number of likely N-dealkylation sites (N-methyl/N-ethyl adjacent to an activating group) is 1. The average molecular weight is 530 g/mol. The van der Waals surface area contributed by atoms with Crippen molar-refractivity contribution in [1.29, 1.82) is 0 Å². The van der Waals surface area contributed by atoms with E-state index < -0.39 is 6.04 Å². The van der Waals surface area contributed by atoms with Gasteiger partial charge in [-0.2, -0.15) is 11.8 Å². The number of nitrogens with one attached hydrogen (secondary N) is 1. The topological polar surface area (TPSA) is 49.4 Å². The summed E-state index contributed by atoms with van der Waals surface area (Å²) in [6.45, 7) is 2.51. The molecule has 0 spiro atoms. The van der Waals surface area contributed by atoms with Gasteiger partial charge in [-0.25, -0.2) is 0 Å². The van der Waals surface area contributed by atoms with Crippen LogP contribution in [0.1, 0.15) is 30.0 Å². The molecule has 1 atom stereocenters. The van der Waals surface area contributed by atoms with Crippen LogP contribution in [0.3, 0.4) is 0 Å². The lowest BCUT2D eigenvalue weighted by molar-refractivity contribution is -0.140. The summed E-state index contributed by atoms with van der Waals surface area (Å²) >= 11 is 14.6. The lowest BCUT2D eigenvalue weighted by Crippen LogP contribution is -2.50. The summed E-state index contributed by atoms with van der Waals surface area (Å²) in [7, 11) is 0. The Balaban J connectivity index is 1.82. The fourth-order valence-electron chi connectivity index (χ4n) is 3.77. The van der Waals surface area contributed by atoms with E-state index >= 15 is 0 Å². The van der Waals surface area contributed by atoms with Gasteiger partial charge in [0, 0.05) is 53.0 Å². The van der Waals surface area contributed by atoms with Gasteiger partial charge in [-0.15, -0.1) is 0 Å². The lowest BCUT2D eigenvalue weighted by atomic mass is 10.0. The zero-order valence-electron chi connectivity index (χ0n) is 19.8. The first-order valence-corrected chi connectivity index (χ1v) is 13.6. The number of nitrogens with zero attached hydrogens (tertiary/aromatic N) is 1. The average Bonchev–Trinajstić information content (AvgIpc) is 2.87. The number of rotatable bonds is 12. The molecule has 4 nitrogen and oxygen atoms in total. The molecular weight excluding hydrogens is 499 g/mol. The predicted molar refractivity (Wildman–Crippen MR) is 147 cm³/mol. The van der Waals surface area contributed by atoms with E-state index in [1.807, 2.05) is 55.5 Å². The zero-order valence-corrected chi connectivity index (χ0v) is 22.1. The third kappa shape index (κ3) is 8.31.